The summed E-state index contributed by atoms with van der Waals surface area (Å²) in [5.41, 5.74) is 2.77. The van der Waals surface area contributed by atoms with E-state index < -0.39 is 0 Å². The average Bonchev–Trinajstić information content (AvgIpc) is 3.04. The molecule has 18 heavy (non-hydrogen) atoms. The molecule has 2 rings (SSSR count). The van der Waals surface area contributed by atoms with Gasteiger partial charge in [0.1, 0.15) is 23.7 Å². The molecule has 0 aliphatic heterocycles. The summed E-state index contributed by atoms with van der Waals surface area (Å²) in [4.78, 5) is 4.24. The maximum atomic E-state index is 5.71. The molecule has 0 bridgehead atoms. The van der Waals surface area contributed by atoms with E-state index in [4.69, 9.17) is 10.3 Å². The van der Waals surface area contributed by atoms with Gasteiger partial charge in [-0.1, -0.05) is 6.92 Å². The number of nitrogens with two attached hydrogens (primary N) is 1. The van der Waals surface area contributed by atoms with Crippen LogP contribution in [0.3, 0.4) is 0 Å². The first-order valence-corrected chi connectivity index (χ1v) is 6.19. The molecule has 0 radical (unpaired) electrons. The van der Waals surface area contributed by atoms with Gasteiger partial charge in [0.2, 0.25) is 0 Å². The van der Waals surface area contributed by atoms with Crippen LogP contribution >= 0.6 is 0 Å². The lowest BCUT2D eigenvalue weighted by Crippen LogP contribution is -2.30. The van der Waals surface area contributed by atoms with Crippen LogP contribution in [-0.4, -0.2) is 14.8 Å². The second kappa shape index (κ2) is 5.79. The number of furan rings is 1. The minimum Gasteiger partial charge on any atom is -0.464 e. The van der Waals surface area contributed by atoms with Crippen molar-refractivity contribution < 1.29 is 4.42 Å². The fourth-order valence-corrected chi connectivity index (χ4v) is 1.91. The number of rotatable bonds is 6. The first-order valence-electron chi connectivity index (χ1n) is 6.19. The normalized spacial score (nSPS) is 12.8. The van der Waals surface area contributed by atoms with E-state index in [9.17, 15) is 0 Å². The number of aromatic nitrogens is 3. The standard InChI is InChI=1S/C12H19N5O/c1-3-9-5-6-11(18-9)10(16-13)7-12-14-8-15-17(12)4-2/h5-6,8,10,16H,3-4,7,13H2,1-2H3. The second-order valence-corrected chi connectivity index (χ2v) is 4.07. The highest BCUT2D eigenvalue weighted by Gasteiger charge is 2.17. The average molecular weight is 249 g/mol. The molecule has 1 unspecified atom stereocenters. The van der Waals surface area contributed by atoms with Gasteiger partial charge in [-0.2, -0.15) is 5.10 Å². The molecule has 0 fully saturated rings. The van der Waals surface area contributed by atoms with Crippen LogP contribution in [0.4, 0.5) is 0 Å². The first kappa shape index (κ1) is 12.8. The maximum absolute atomic E-state index is 5.71. The van der Waals surface area contributed by atoms with Gasteiger partial charge in [0.25, 0.3) is 0 Å². The van der Waals surface area contributed by atoms with Crippen LogP contribution in [0.25, 0.3) is 0 Å². The predicted octanol–water partition coefficient (Wildman–Crippen LogP) is 1.20. The van der Waals surface area contributed by atoms with Gasteiger partial charge in [0, 0.05) is 19.4 Å². The van der Waals surface area contributed by atoms with Crippen LogP contribution in [0.1, 0.15) is 37.2 Å². The summed E-state index contributed by atoms with van der Waals surface area (Å²) >= 11 is 0. The van der Waals surface area contributed by atoms with Crippen LogP contribution < -0.4 is 11.3 Å². The summed E-state index contributed by atoms with van der Waals surface area (Å²) < 4.78 is 7.56. The van der Waals surface area contributed by atoms with Gasteiger partial charge >= 0.3 is 0 Å². The van der Waals surface area contributed by atoms with Crippen LogP contribution in [0.15, 0.2) is 22.9 Å². The number of hydrogen-bond acceptors (Lipinski definition) is 5. The molecule has 0 saturated carbocycles. The van der Waals surface area contributed by atoms with Gasteiger partial charge in [0.05, 0.1) is 6.04 Å². The number of nitrogens with one attached hydrogen (secondary N) is 1. The molecule has 98 valence electrons. The number of hydrazine groups is 1. The molecule has 2 aromatic rings. The van der Waals surface area contributed by atoms with Gasteiger partial charge in [-0.15, -0.1) is 0 Å². The van der Waals surface area contributed by atoms with Gasteiger partial charge in [-0.25, -0.2) is 10.4 Å². The molecule has 2 aromatic heterocycles. The van der Waals surface area contributed by atoms with Gasteiger partial charge < -0.3 is 4.42 Å². The molecule has 3 N–H and O–H groups in total. The van der Waals surface area contributed by atoms with Gasteiger partial charge in [0.15, 0.2) is 0 Å². The Hall–Kier alpha value is -1.66. The lowest BCUT2D eigenvalue weighted by molar-refractivity contribution is 0.388. The Kier molecular flexibility index (Phi) is 4.11. The van der Waals surface area contributed by atoms with Crippen molar-refractivity contribution in [3.63, 3.8) is 0 Å². The van der Waals surface area contributed by atoms with Crippen LogP contribution in [0.2, 0.25) is 0 Å². The largest absolute Gasteiger partial charge is 0.464 e. The molecule has 0 spiro atoms. The van der Waals surface area contributed by atoms with E-state index in [2.05, 4.69) is 22.4 Å². The summed E-state index contributed by atoms with van der Waals surface area (Å²) in [5, 5.41) is 4.14. The molecule has 0 aromatic carbocycles. The van der Waals surface area contributed by atoms with Crippen molar-refractivity contribution in [1.82, 2.24) is 20.2 Å². The summed E-state index contributed by atoms with van der Waals surface area (Å²) in [6.07, 6.45) is 3.09. The summed E-state index contributed by atoms with van der Waals surface area (Å²) in [5.74, 6) is 8.29. The van der Waals surface area contributed by atoms with Crippen molar-refractivity contribution in [2.24, 2.45) is 5.84 Å². The Labute approximate surface area is 106 Å². The van der Waals surface area contributed by atoms with Crippen molar-refractivity contribution in [3.05, 3.63) is 35.8 Å². The quantitative estimate of drug-likeness (QED) is 0.594. The maximum Gasteiger partial charge on any atom is 0.138 e. The summed E-state index contributed by atoms with van der Waals surface area (Å²) in [6.45, 7) is 4.89. The van der Waals surface area contributed by atoms with Gasteiger partial charge in [-0.05, 0) is 19.1 Å². The summed E-state index contributed by atoms with van der Waals surface area (Å²) in [6, 6.07) is 3.85. The Morgan fingerprint density at radius 3 is 2.89 bits per heavy atom. The van der Waals surface area contributed by atoms with E-state index in [1.165, 1.54) is 0 Å². The molecular formula is C12H19N5O. The fraction of sp³-hybridized carbons (Fsp3) is 0.500. The molecule has 6 nitrogen and oxygen atoms in total. The first-order chi connectivity index (χ1) is 8.78. The molecule has 0 amide bonds. The monoisotopic (exact) mass is 249 g/mol. The highest BCUT2D eigenvalue weighted by atomic mass is 16.3. The number of hydrogen-bond donors (Lipinski definition) is 2. The zero-order valence-corrected chi connectivity index (χ0v) is 10.8. The topological polar surface area (TPSA) is 81.9 Å². The molecule has 0 aliphatic carbocycles. The fourth-order valence-electron chi connectivity index (χ4n) is 1.91. The smallest absolute Gasteiger partial charge is 0.138 e. The number of nitrogens with zero attached hydrogens (tertiary/aromatic N) is 3. The highest BCUT2D eigenvalue weighted by molar-refractivity contribution is 5.12. The number of aryl methyl sites for hydroxylation is 2. The molecule has 0 aliphatic rings. The Bertz CT molecular complexity index is 490. The third-order valence-electron chi connectivity index (χ3n) is 2.96. The van der Waals surface area contributed by atoms with E-state index >= 15 is 0 Å². The Morgan fingerprint density at radius 1 is 1.44 bits per heavy atom. The van der Waals surface area contributed by atoms with Crippen molar-refractivity contribution in [2.45, 2.75) is 39.3 Å². The lowest BCUT2D eigenvalue weighted by Gasteiger charge is -2.13. The minimum absolute atomic E-state index is 0.0835. The van der Waals surface area contributed by atoms with Crippen LogP contribution in [0.5, 0.6) is 0 Å². The van der Waals surface area contributed by atoms with E-state index in [0.717, 1.165) is 30.3 Å². The molecule has 1 atom stereocenters. The molecular weight excluding hydrogens is 230 g/mol. The molecule has 2 heterocycles. The van der Waals surface area contributed by atoms with Crippen molar-refractivity contribution in [3.8, 4) is 0 Å². The zero-order chi connectivity index (χ0) is 13.0. The second-order valence-electron chi connectivity index (χ2n) is 4.07. The van der Waals surface area contributed by atoms with E-state index in [0.29, 0.717) is 6.42 Å². The van der Waals surface area contributed by atoms with Crippen molar-refractivity contribution in [2.75, 3.05) is 0 Å². The molecule has 0 saturated heterocycles. The van der Waals surface area contributed by atoms with Crippen LogP contribution in [-0.2, 0) is 19.4 Å². The highest BCUT2D eigenvalue weighted by Crippen LogP contribution is 2.19. The molecule has 6 heteroatoms. The predicted molar refractivity (Wildman–Crippen MR) is 67.6 cm³/mol. The zero-order valence-electron chi connectivity index (χ0n) is 10.8. The van der Waals surface area contributed by atoms with E-state index in [1.807, 2.05) is 23.7 Å². The Balaban J connectivity index is 2.14. The van der Waals surface area contributed by atoms with E-state index in [1.54, 1.807) is 6.33 Å². The van der Waals surface area contributed by atoms with Crippen molar-refractivity contribution >= 4 is 0 Å². The van der Waals surface area contributed by atoms with Crippen LogP contribution in [0, 0.1) is 0 Å². The van der Waals surface area contributed by atoms with Gasteiger partial charge in [-0.3, -0.25) is 10.5 Å². The SMILES string of the molecule is CCc1ccc(C(Cc2ncnn2CC)NN)o1. The van der Waals surface area contributed by atoms with Crippen molar-refractivity contribution in [1.29, 1.82) is 0 Å². The summed E-state index contributed by atoms with van der Waals surface area (Å²) in [7, 11) is 0. The third kappa shape index (κ3) is 2.60. The lowest BCUT2D eigenvalue weighted by atomic mass is 10.1. The van der Waals surface area contributed by atoms with E-state index in [-0.39, 0.29) is 6.04 Å². The third-order valence-corrected chi connectivity index (χ3v) is 2.96. The minimum atomic E-state index is -0.0835. The Morgan fingerprint density at radius 2 is 2.28 bits per heavy atom.